The summed E-state index contributed by atoms with van der Waals surface area (Å²) < 4.78 is 5.90. The van der Waals surface area contributed by atoms with E-state index >= 15 is 0 Å². The number of ether oxygens (including phenoxy) is 1. The molecule has 7 heteroatoms. The van der Waals surface area contributed by atoms with Crippen LogP contribution in [0.2, 0.25) is 0 Å². The first kappa shape index (κ1) is 24.7. The summed E-state index contributed by atoms with van der Waals surface area (Å²) in [5.41, 5.74) is 2.87. The fourth-order valence-corrected chi connectivity index (χ4v) is 5.05. The van der Waals surface area contributed by atoms with Crippen LogP contribution < -0.4 is 4.74 Å². The van der Waals surface area contributed by atoms with Crippen LogP contribution in [0.5, 0.6) is 5.75 Å². The van der Waals surface area contributed by atoms with Crippen LogP contribution in [-0.4, -0.2) is 53.8 Å². The summed E-state index contributed by atoms with van der Waals surface area (Å²) >= 11 is 1.47. The van der Waals surface area contributed by atoms with Crippen LogP contribution in [0, 0.1) is 6.92 Å². The molecule has 6 nitrogen and oxygen atoms in total. The Morgan fingerprint density at radius 1 is 1.06 bits per heavy atom. The maximum Gasteiger partial charge on any atom is 0.295 e. The first-order valence-electron chi connectivity index (χ1n) is 11.6. The number of amides is 1. The van der Waals surface area contributed by atoms with E-state index in [2.05, 4.69) is 0 Å². The molecule has 35 heavy (non-hydrogen) atoms. The number of likely N-dealkylation sites (tertiary alicyclic amines) is 1. The highest BCUT2D eigenvalue weighted by Crippen LogP contribution is 2.41. The van der Waals surface area contributed by atoms with Crippen LogP contribution in [0.15, 0.2) is 71.6 Å². The molecular formula is C28H30N2O4S. The van der Waals surface area contributed by atoms with E-state index in [1.807, 2.05) is 67.7 Å². The van der Waals surface area contributed by atoms with Gasteiger partial charge in [0.1, 0.15) is 18.1 Å². The van der Waals surface area contributed by atoms with Crippen molar-refractivity contribution in [2.45, 2.75) is 26.0 Å². The lowest BCUT2D eigenvalue weighted by atomic mass is 10.00. The smallest absolute Gasteiger partial charge is 0.295 e. The average Bonchev–Trinajstić information content (AvgIpc) is 3.46. The number of hydrogen-bond donors (Lipinski definition) is 1. The minimum Gasteiger partial charge on any atom is -0.507 e. The van der Waals surface area contributed by atoms with E-state index in [9.17, 15) is 14.7 Å². The molecule has 1 saturated heterocycles. The summed E-state index contributed by atoms with van der Waals surface area (Å²) in [6.45, 7) is 3.71. The number of aliphatic hydroxyl groups excluding tert-OH is 1. The highest BCUT2D eigenvalue weighted by Gasteiger charge is 2.46. The van der Waals surface area contributed by atoms with Crippen LogP contribution in [-0.2, 0) is 16.2 Å². The van der Waals surface area contributed by atoms with Gasteiger partial charge < -0.3 is 19.6 Å². The van der Waals surface area contributed by atoms with E-state index in [4.69, 9.17) is 4.74 Å². The highest BCUT2D eigenvalue weighted by molar-refractivity contribution is 7.10. The topological polar surface area (TPSA) is 70.1 Å². The zero-order chi connectivity index (χ0) is 24.9. The van der Waals surface area contributed by atoms with Crippen molar-refractivity contribution < 1.29 is 19.4 Å². The summed E-state index contributed by atoms with van der Waals surface area (Å²) in [7, 11) is 3.94. The molecule has 1 amide bonds. The number of Topliss-reactive ketones (excluding diaryl/α,β-unsaturated/α-hetero) is 1. The second-order valence-electron chi connectivity index (χ2n) is 8.90. The molecule has 0 saturated carbocycles. The molecule has 1 aliphatic rings. The van der Waals surface area contributed by atoms with Crippen molar-refractivity contribution in [1.82, 2.24) is 9.80 Å². The van der Waals surface area contributed by atoms with Crippen molar-refractivity contribution >= 4 is 28.8 Å². The van der Waals surface area contributed by atoms with Gasteiger partial charge in [-0.15, -0.1) is 11.3 Å². The van der Waals surface area contributed by atoms with Gasteiger partial charge in [-0.2, -0.15) is 0 Å². The fraction of sp³-hybridized carbons (Fsp3) is 0.286. The first-order chi connectivity index (χ1) is 16.9. The number of aliphatic hydroxyl groups is 1. The van der Waals surface area contributed by atoms with Crippen molar-refractivity contribution in [2.75, 3.05) is 27.2 Å². The summed E-state index contributed by atoms with van der Waals surface area (Å²) in [6.07, 6.45) is 0.731. The maximum atomic E-state index is 13.1. The number of ketones is 1. The molecule has 1 aliphatic heterocycles. The monoisotopic (exact) mass is 490 g/mol. The van der Waals surface area contributed by atoms with E-state index in [0.29, 0.717) is 24.5 Å². The predicted octanol–water partition coefficient (Wildman–Crippen LogP) is 5.01. The van der Waals surface area contributed by atoms with Gasteiger partial charge in [0, 0.05) is 17.0 Å². The highest BCUT2D eigenvalue weighted by atomic mass is 32.1. The van der Waals surface area contributed by atoms with Crippen LogP contribution in [0.25, 0.3) is 5.76 Å². The summed E-state index contributed by atoms with van der Waals surface area (Å²) in [4.78, 5) is 30.5. The van der Waals surface area contributed by atoms with Crippen molar-refractivity contribution in [3.05, 3.63) is 93.2 Å². The van der Waals surface area contributed by atoms with Crippen molar-refractivity contribution in [3.8, 4) is 5.75 Å². The normalized spacial score (nSPS) is 17.4. The molecule has 0 aliphatic carbocycles. The molecule has 1 fully saturated rings. The van der Waals surface area contributed by atoms with Gasteiger partial charge in [0.05, 0.1) is 11.6 Å². The van der Waals surface area contributed by atoms with Gasteiger partial charge in [0.25, 0.3) is 11.7 Å². The summed E-state index contributed by atoms with van der Waals surface area (Å²) in [5, 5.41) is 13.1. The largest absolute Gasteiger partial charge is 0.507 e. The second kappa shape index (κ2) is 10.9. The number of benzene rings is 2. The number of hydrogen-bond acceptors (Lipinski definition) is 6. The zero-order valence-corrected chi connectivity index (χ0v) is 21.0. The maximum absolute atomic E-state index is 13.1. The lowest BCUT2D eigenvalue weighted by molar-refractivity contribution is -0.139. The van der Waals surface area contributed by atoms with Gasteiger partial charge in [0.2, 0.25) is 0 Å². The van der Waals surface area contributed by atoms with E-state index in [-0.39, 0.29) is 11.3 Å². The third-order valence-corrected chi connectivity index (χ3v) is 7.07. The van der Waals surface area contributed by atoms with Gasteiger partial charge >= 0.3 is 0 Å². The van der Waals surface area contributed by atoms with E-state index in [0.717, 1.165) is 29.0 Å². The summed E-state index contributed by atoms with van der Waals surface area (Å²) in [6, 6.07) is 18.2. The average molecular weight is 491 g/mol. The lowest BCUT2D eigenvalue weighted by Crippen LogP contribution is -2.32. The Morgan fingerprint density at radius 2 is 1.80 bits per heavy atom. The molecule has 2 aromatic carbocycles. The number of nitrogens with zero attached hydrogens (tertiary/aromatic N) is 2. The molecule has 3 aromatic rings. The Bertz CT molecular complexity index is 1220. The quantitative estimate of drug-likeness (QED) is 0.259. The zero-order valence-electron chi connectivity index (χ0n) is 20.2. The molecule has 0 radical (unpaired) electrons. The van der Waals surface area contributed by atoms with Gasteiger partial charge in [0.15, 0.2) is 0 Å². The van der Waals surface area contributed by atoms with Crippen LogP contribution in [0.3, 0.4) is 0 Å². The molecule has 1 N–H and O–H groups in total. The fourth-order valence-electron chi connectivity index (χ4n) is 4.21. The molecule has 1 unspecified atom stereocenters. The summed E-state index contributed by atoms with van der Waals surface area (Å²) in [5.74, 6) is -0.724. The van der Waals surface area contributed by atoms with E-state index < -0.39 is 17.7 Å². The second-order valence-corrected chi connectivity index (χ2v) is 9.88. The van der Waals surface area contributed by atoms with Gasteiger partial charge in [-0.25, -0.2) is 0 Å². The standard InChI is InChI=1S/C28H30N2O4S/c1-19-8-4-5-9-21(19)18-34-22-13-11-20(12-14-22)26(31)24-25(23-10-6-17-35-23)30(28(33)27(24)32)16-7-15-29(2)3/h4-6,8-14,17,25,31H,7,15-16,18H2,1-3H3/b26-24+. The van der Waals surface area contributed by atoms with Crippen LogP contribution >= 0.6 is 11.3 Å². The third-order valence-electron chi connectivity index (χ3n) is 6.14. The van der Waals surface area contributed by atoms with Crippen LogP contribution in [0.1, 0.15) is 34.0 Å². The molecule has 2 heterocycles. The Kier molecular flexibility index (Phi) is 7.68. The number of aryl methyl sites for hydroxylation is 1. The van der Waals surface area contributed by atoms with Crippen molar-refractivity contribution in [3.63, 3.8) is 0 Å². The molecule has 0 bridgehead atoms. The Hall–Kier alpha value is -3.42. The number of thiophene rings is 1. The third kappa shape index (κ3) is 5.47. The van der Waals surface area contributed by atoms with Gasteiger partial charge in [-0.05, 0) is 80.8 Å². The molecule has 1 aromatic heterocycles. The van der Waals surface area contributed by atoms with Crippen molar-refractivity contribution in [1.29, 1.82) is 0 Å². The SMILES string of the molecule is Cc1ccccc1COc1ccc(/C(O)=C2\C(=O)C(=O)N(CCCN(C)C)C2c2cccs2)cc1. The van der Waals surface area contributed by atoms with Gasteiger partial charge in [-0.1, -0.05) is 30.3 Å². The number of carbonyl (C=O) groups is 2. The van der Waals surface area contributed by atoms with Crippen LogP contribution in [0.4, 0.5) is 0 Å². The molecule has 4 rings (SSSR count). The lowest BCUT2D eigenvalue weighted by Gasteiger charge is -2.24. The Morgan fingerprint density at radius 3 is 2.46 bits per heavy atom. The Balaban J connectivity index is 1.59. The Labute approximate surface area is 210 Å². The van der Waals surface area contributed by atoms with Crippen molar-refractivity contribution in [2.24, 2.45) is 0 Å². The predicted molar refractivity (Wildman–Crippen MR) is 138 cm³/mol. The molecular weight excluding hydrogens is 460 g/mol. The number of carbonyl (C=O) groups excluding carboxylic acids is 2. The first-order valence-corrected chi connectivity index (χ1v) is 12.5. The van der Waals surface area contributed by atoms with E-state index in [1.165, 1.54) is 11.3 Å². The minimum atomic E-state index is -0.648. The molecule has 182 valence electrons. The molecule has 0 spiro atoms. The van der Waals surface area contributed by atoms with Gasteiger partial charge in [-0.3, -0.25) is 9.59 Å². The number of rotatable bonds is 9. The minimum absolute atomic E-state index is 0.135. The van der Waals surface area contributed by atoms with E-state index in [1.54, 1.807) is 29.2 Å². The molecule has 1 atom stereocenters.